The first-order chi connectivity index (χ1) is 9.15. The molecule has 102 valence electrons. The quantitative estimate of drug-likeness (QED) is 0.890. The van der Waals surface area contributed by atoms with Crippen LogP contribution in [0.2, 0.25) is 0 Å². The van der Waals surface area contributed by atoms with Crippen molar-refractivity contribution in [3.8, 4) is 0 Å². The van der Waals surface area contributed by atoms with Crippen molar-refractivity contribution in [2.45, 2.75) is 51.9 Å². The summed E-state index contributed by atoms with van der Waals surface area (Å²) in [5.41, 5.74) is 2.02. The molecule has 0 unspecified atom stereocenters. The third kappa shape index (κ3) is 2.29. The smallest absolute Gasteiger partial charge is 0.276 e. The molecule has 0 atom stereocenters. The van der Waals surface area contributed by atoms with Crippen LogP contribution >= 0.6 is 0 Å². The number of nitrogens with zero attached hydrogens (tertiary/aromatic N) is 2. The predicted molar refractivity (Wildman–Crippen MR) is 74.3 cm³/mol. The number of fused-ring (bicyclic) bond motifs is 1. The van der Waals surface area contributed by atoms with Gasteiger partial charge in [0.15, 0.2) is 0 Å². The normalized spacial score (nSPS) is 16.8. The van der Waals surface area contributed by atoms with Crippen molar-refractivity contribution in [2.75, 3.05) is 0 Å². The van der Waals surface area contributed by atoms with Crippen LogP contribution in [0.5, 0.6) is 0 Å². The molecule has 5 nitrogen and oxygen atoms in total. The molecule has 1 aliphatic carbocycles. The standard InChI is InChI=1S/C14H20N4O/c1-8(2)11-12-13(18-17-11)14(19)16-10(15-12)7-9-5-3-4-6-9/h8-9H,3-7H2,1-2H3,(H,17,18)(H,15,16,19). The van der Waals surface area contributed by atoms with E-state index < -0.39 is 0 Å². The summed E-state index contributed by atoms with van der Waals surface area (Å²) in [6.07, 6.45) is 6.00. The van der Waals surface area contributed by atoms with E-state index in [0.29, 0.717) is 11.4 Å². The average Bonchev–Trinajstić information content (AvgIpc) is 2.97. The van der Waals surface area contributed by atoms with Gasteiger partial charge in [-0.25, -0.2) is 4.98 Å². The van der Waals surface area contributed by atoms with Gasteiger partial charge in [-0.15, -0.1) is 0 Å². The van der Waals surface area contributed by atoms with Crippen molar-refractivity contribution >= 4 is 11.0 Å². The van der Waals surface area contributed by atoms with Crippen molar-refractivity contribution in [1.29, 1.82) is 0 Å². The van der Waals surface area contributed by atoms with E-state index >= 15 is 0 Å². The van der Waals surface area contributed by atoms with Crippen molar-refractivity contribution < 1.29 is 0 Å². The molecule has 0 radical (unpaired) electrons. The molecular formula is C14H20N4O. The van der Waals surface area contributed by atoms with Crippen LogP contribution < -0.4 is 5.56 Å². The van der Waals surface area contributed by atoms with Crippen LogP contribution in [0, 0.1) is 5.92 Å². The van der Waals surface area contributed by atoms with E-state index in [9.17, 15) is 4.79 Å². The zero-order chi connectivity index (χ0) is 13.4. The third-order valence-corrected chi connectivity index (χ3v) is 4.00. The Morgan fingerprint density at radius 3 is 2.74 bits per heavy atom. The fourth-order valence-electron chi connectivity index (χ4n) is 2.97. The Hall–Kier alpha value is -1.65. The molecule has 1 aliphatic rings. The molecule has 0 bridgehead atoms. The van der Waals surface area contributed by atoms with E-state index in [4.69, 9.17) is 0 Å². The zero-order valence-electron chi connectivity index (χ0n) is 11.5. The highest BCUT2D eigenvalue weighted by molar-refractivity contribution is 5.76. The molecule has 2 aromatic heterocycles. The van der Waals surface area contributed by atoms with Gasteiger partial charge in [0.2, 0.25) is 0 Å². The summed E-state index contributed by atoms with van der Waals surface area (Å²) in [6.45, 7) is 4.13. The van der Waals surface area contributed by atoms with E-state index in [0.717, 1.165) is 23.5 Å². The number of H-pyrrole nitrogens is 2. The topological polar surface area (TPSA) is 74.4 Å². The monoisotopic (exact) mass is 260 g/mol. The van der Waals surface area contributed by atoms with Gasteiger partial charge in [0.25, 0.3) is 5.56 Å². The maximum Gasteiger partial charge on any atom is 0.276 e. The molecule has 0 spiro atoms. The Morgan fingerprint density at radius 2 is 2.05 bits per heavy atom. The Labute approximate surface area is 111 Å². The summed E-state index contributed by atoms with van der Waals surface area (Å²) < 4.78 is 0. The van der Waals surface area contributed by atoms with Crippen LogP contribution in [-0.4, -0.2) is 20.2 Å². The lowest BCUT2D eigenvalue weighted by molar-refractivity contribution is 0.530. The second kappa shape index (κ2) is 4.79. The summed E-state index contributed by atoms with van der Waals surface area (Å²) in [6, 6.07) is 0. The summed E-state index contributed by atoms with van der Waals surface area (Å²) in [4.78, 5) is 19.6. The van der Waals surface area contributed by atoms with Gasteiger partial charge in [-0.1, -0.05) is 39.5 Å². The second-order valence-corrected chi connectivity index (χ2v) is 5.85. The van der Waals surface area contributed by atoms with Gasteiger partial charge in [0.05, 0.1) is 5.69 Å². The first kappa shape index (κ1) is 12.4. The van der Waals surface area contributed by atoms with Gasteiger partial charge in [-0.05, 0) is 11.8 Å². The van der Waals surface area contributed by atoms with Crippen molar-refractivity contribution in [1.82, 2.24) is 20.2 Å². The zero-order valence-corrected chi connectivity index (χ0v) is 11.5. The second-order valence-electron chi connectivity index (χ2n) is 5.85. The fourth-order valence-corrected chi connectivity index (χ4v) is 2.97. The largest absolute Gasteiger partial charge is 0.309 e. The van der Waals surface area contributed by atoms with Crippen LogP contribution in [0.15, 0.2) is 4.79 Å². The van der Waals surface area contributed by atoms with E-state index in [2.05, 4.69) is 34.0 Å². The van der Waals surface area contributed by atoms with Gasteiger partial charge >= 0.3 is 0 Å². The molecule has 3 rings (SSSR count). The van der Waals surface area contributed by atoms with Gasteiger partial charge in [-0.2, -0.15) is 5.10 Å². The first-order valence-corrected chi connectivity index (χ1v) is 7.12. The molecule has 1 saturated carbocycles. The summed E-state index contributed by atoms with van der Waals surface area (Å²) in [7, 11) is 0. The predicted octanol–water partition coefficient (Wildman–Crippen LogP) is 2.50. The number of hydrogen-bond donors (Lipinski definition) is 2. The minimum atomic E-state index is -0.0996. The van der Waals surface area contributed by atoms with Crippen LogP contribution in [0.25, 0.3) is 11.0 Å². The molecule has 0 saturated heterocycles. The minimum absolute atomic E-state index is 0.0996. The molecule has 0 amide bonds. The average molecular weight is 260 g/mol. The van der Waals surface area contributed by atoms with Gasteiger partial charge in [-0.3, -0.25) is 9.89 Å². The molecular weight excluding hydrogens is 240 g/mol. The summed E-state index contributed by atoms with van der Waals surface area (Å²) >= 11 is 0. The molecule has 1 fully saturated rings. The third-order valence-electron chi connectivity index (χ3n) is 4.00. The van der Waals surface area contributed by atoms with Crippen LogP contribution in [0.4, 0.5) is 0 Å². The molecule has 0 aliphatic heterocycles. The van der Waals surface area contributed by atoms with Crippen LogP contribution in [0.1, 0.15) is 57.0 Å². The maximum atomic E-state index is 12.0. The molecule has 2 aromatic rings. The number of aromatic nitrogens is 4. The number of aromatic amines is 2. The Kier molecular flexibility index (Phi) is 3.12. The summed E-state index contributed by atoms with van der Waals surface area (Å²) in [5, 5.41) is 7.02. The fraction of sp³-hybridized carbons (Fsp3) is 0.643. The molecule has 2 N–H and O–H groups in total. The van der Waals surface area contributed by atoms with E-state index in [1.807, 2.05) is 0 Å². The highest BCUT2D eigenvalue weighted by Crippen LogP contribution is 2.27. The van der Waals surface area contributed by atoms with Crippen LogP contribution in [0.3, 0.4) is 0 Å². The lowest BCUT2D eigenvalue weighted by Crippen LogP contribution is -2.14. The lowest BCUT2D eigenvalue weighted by atomic mass is 10.0. The van der Waals surface area contributed by atoms with Crippen molar-refractivity contribution in [3.05, 3.63) is 21.9 Å². The summed E-state index contributed by atoms with van der Waals surface area (Å²) in [5.74, 6) is 1.75. The SMILES string of the molecule is CC(C)c1n[nH]c2c(=O)[nH]c(CC3CCCC3)nc12. The van der Waals surface area contributed by atoms with E-state index in [1.54, 1.807) is 0 Å². The van der Waals surface area contributed by atoms with Gasteiger partial charge in [0, 0.05) is 6.42 Å². The molecule has 0 aromatic carbocycles. The maximum absolute atomic E-state index is 12.0. The Balaban J connectivity index is 2.01. The first-order valence-electron chi connectivity index (χ1n) is 7.12. The highest BCUT2D eigenvalue weighted by atomic mass is 16.1. The van der Waals surface area contributed by atoms with Crippen molar-refractivity contribution in [2.24, 2.45) is 5.92 Å². The Morgan fingerprint density at radius 1 is 1.32 bits per heavy atom. The molecule has 5 heteroatoms. The molecule has 2 heterocycles. The lowest BCUT2D eigenvalue weighted by Gasteiger charge is -2.08. The minimum Gasteiger partial charge on any atom is -0.309 e. The van der Waals surface area contributed by atoms with E-state index in [1.165, 1.54) is 25.7 Å². The Bertz CT molecular complexity index is 634. The van der Waals surface area contributed by atoms with Crippen molar-refractivity contribution in [3.63, 3.8) is 0 Å². The van der Waals surface area contributed by atoms with Crippen LogP contribution in [-0.2, 0) is 6.42 Å². The van der Waals surface area contributed by atoms with Gasteiger partial charge in [0.1, 0.15) is 16.9 Å². The number of nitrogens with one attached hydrogen (secondary N) is 2. The highest BCUT2D eigenvalue weighted by Gasteiger charge is 2.19. The number of rotatable bonds is 3. The molecule has 19 heavy (non-hydrogen) atoms. The number of hydrogen-bond acceptors (Lipinski definition) is 3. The van der Waals surface area contributed by atoms with E-state index in [-0.39, 0.29) is 11.5 Å². The van der Waals surface area contributed by atoms with Gasteiger partial charge < -0.3 is 4.98 Å².